The molecular weight excluding hydrogens is 224 g/mol. The van der Waals surface area contributed by atoms with Gasteiger partial charge in [-0.1, -0.05) is 36.4 Å². The molecule has 0 saturated carbocycles. The average Bonchev–Trinajstić information content (AvgIpc) is 2.47. The van der Waals surface area contributed by atoms with E-state index in [-0.39, 0.29) is 0 Å². The van der Waals surface area contributed by atoms with E-state index in [0.29, 0.717) is 5.69 Å². The summed E-state index contributed by atoms with van der Waals surface area (Å²) >= 11 is 0. The molecule has 0 aliphatic heterocycles. The zero-order valence-electron chi connectivity index (χ0n) is 9.58. The monoisotopic (exact) mass is 234 g/mol. The Labute approximate surface area is 104 Å². The van der Waals surface area contributed by atoms with E-state index in [9.17, 15) is 4.91 Å². The van der Waals surface area contributed by atoms with E-state index >= 15 is 0 Å². The predicted molar refractivity (Wildman–Crippen MR) is 72.6 cm³/mol. The summed E-state index contributed by atoms with van der Waals surface area (Å²) in [5.74, 6) is 0. The van der Waals surface area contributed by atoms with Gasteiger partial charge < -0.3 is 0 Å². The Morgan fingerprint density at radius 2 is 1.72 bits per heavy atom. The largest absolute Gasteiger partial charge is 0.256 e. The molecule has 0 N–H and O–H groups in total. The first-order valence-electron chi connectivity index (χ1n) is 5.65. The molecule has 0 aliphatic carbocycles. The van der Waals surface area contributed by atoms with Crippen LogP contribution in [0, 0.1) is 4.91 Å². The molecule has 3 heteroatoms. The van der Waals surface area contributed by atoms with Crippen LogP contribution in [0.1, 0.15) is 0 Å². The minimum atomic E-state index is 0.419. The van der Waals surface area contributed by atoms with Crippen LogP contribution in [0.5, 0.6) is 0 Å². The van der Waals surface area contributed by atoms with Crippen molar-refractivity contribution in [1.29, 1.82) is 0 Å². The number of rotatable bonds is 2. The molecule has 3 nitrogen and oxygen atoms in total. The summed E-state index contributed by atoms with van der Waals surface area (Å²) in [5.41, 5.74) is 2.17. The van der Waals surface area contributed by atoms with Crippen molar-refractivity contribution in [3.05, 3.63) is 65.7 Å². The Morgan fingerprint density at radius 3 is 2.56 bits per heavy atom. The van der Waals surface area contributed by atoms with Gasteiger partial charge >= 0.3 is 0 Å². The second-order valence-electron chi connectivity index (χ2n) is 4.06. The summed E-state index contributed by atoms with van der Waals surface area (Å²) in [6.45, 7) is 0. The van der Waals surface area contributed by atoms with Crippen molar-refractivity contribution in [1.82, 2.24) is 4.98 Å². The fourth-order valence-electron chi connectivity index (χ4n) is 1.96. The second-order valence-corrected chi connectivity index (χ2v) is 4.06. The predicted octanol–water partition coefficient (Wildman–Crippen LogP) is 4.30. The van der Waals surface area contributed by atoms with Crippen LogP contribution in [0.2, 0.25) is 0 Å². The van der Waals surface area contributed by atoms with E-state index in [1.54, 1.807) is 12.1 Å². The normalized spacial score (nSPS) is 10.4. The minimum absolute atomic E-state index is 0.419. The summed E-state index contributed by atoms with van der Waals surface area (Å²) in [4.78, 5) is 14.9. The number of hydrogen-bond donors (Lipinski definition) is 0. The fourth-order valence-corrected chi connectivity index (χ4v) is 1.96. The number of hydrogen-bond acceptors (Lipinski definition) is 3. The van der Waals surface area contributed by atoms with Crippen LogP contribution in [0.4, 0.5) is 5.69 Å². The Bertz CT molecular complexity index is 722. The van der Waals surface area contributed by atoms with Crippen molar-refractivity contribution >= 4 is 16.5 Å². The zero-order chi connectivity index (χ0) is 12.4. The van der Waals surface area contributed by atoms with Gasteiger partial charge in [-0.15, -0.1) is 4.91 Å². The van der Waals surface area contributed by atoms with E-state index in [4.69, 9.17) is 0 Å². The Morgan fingerprint density at radius 1 is 0.889 bits per heavy atom. The first-order valence-corrected chi connectivity index (χ1v) is 5.65. The molecule has 0 radical (unpaired) electrons. The van der Waals surface area contributed by atoms with Crippen LogP contribution >= 0.6 is 0 Å². The lowest BCUT2D eigenvalue weighted by atomic mass is 10.1. The Balaban J connectivity index is 2.15. The number of benzene rings is 2. The van der Waals surface area contributed by atoms with E-state index in [2.05, 4.69) is 10.2 Å². The standard InChI is InChI=1S/C15H10N2O/c18-17-14-7-3-6-12(8-14)15-9-11-4-1-2-5-13(11)10-16-15/h1-10H. The molecule has 0 bridgehead atoms. The van der Waals surface area contributed by atoms with Gasteiger partial charge in [0.1, 0.15) is 5.69 Å². The molecule has 0 saturated heterocycles. The molecular formula is C15H10N2O. The maximum absolute atomic E-state index is 10.5. The lowest BCUT2D eigenvalue weighted by Gasteiger charge is -2.03. The number of aromatic nitrogens is 1. The van der Waals surface area contributed by atoms with Gasteiger partial charge in [-0.05, 0) is 28.8 Å². The highest BCUT2D eigenvalue weighted by Gasteiger charge is 2.02. The van der Waals surface area contributed by atoms with Crippen LogP contribution in [-0.4, -0.2) is 4.98 Å². The number of pyridine rings is 1. The van der Waals surface area contributed by atoms with Crippen molar-refractivity contribution < 1.29 is 0 Å². The third-order valence-corrected chi connectivity index (χ3v) is 2.88. The molecule has 0 atom stereocenters. The summed E-state index contributed by atoms with van der Waals surface area (Å²) in [6.07, 6.45) is 1.84. The summed E-state index contributed by atoms with van der Waals surface area (Å²) < 4.78 is 0. The molecule has 0 spiro atoms. The van der Waals surface area contributed by atoms with E-state index in [1.807, 2.05) is 48.7 Å². The molecule has 0 aliphatic rings. The van der Waals surface area contributed by atoms with E-state index in [1.165, 1.54) is 0 Å². The van der Waals surface area contributed by atoms with E-state index in [0.717, 1.165) is 22.0 Å². The first kappa shape index (κ1) is 10.6. The summed E-state index contributed by atoms with van der Waals surface area (Å²) in [5, 5.41) is 5.18. The van der Waals surface area contributed by atoms with Crippen molar-refractivity contribution in [2.45, 2.75) is 0 Å². The molecule has 1 aromatic heterocycles. The van der Waals surface area contributed by atoms with Gasteiger partial charge in [0.2, 0.25) is 0 Å². The Kier molecular flexibility index (Phi) is 2.57. The quantitative estimate of drug-likeness (QED) is 0.620. The van der Waals surface area contributed by atoms with Crippen LogP contribution < -0.4 is 0 Å². The smallest absolute Gasteiger partial charge is 0.108 e. The SMILES string of the molecule is O=Nc1cccc(-c2cc3ccccc3cn2)c1. The molecule has 3 aromatic rings. The van der Waals surface area contributed by atoms with Gasteiger partial charge in [0.05, 0.1) is 5.69 Å². The van der Waals surface area contributed by atoms with Gasteiger partial charge in [0, 0.05) is 17.1 Å². The summed E-state index contributed by atoms with van der Waals surface area (Å²) in [7, 11) is 0. The van der Waals surface area contributed by atoms with Crippen LogP contribution in [-0.2, 0) is 0 Å². The first-order chi connectivity index (χ1) is 8.86. The van der Waals surface area contributed by atoms with Gasteiger partial charge in [0.15, 0.2) is 0 Å². The molecule has 1 heterocycles. The van der Waals surface area contributed by atoms with Crippen LogP contribution in [0.3, 0.4) is 0 Å². The van der Waals surface area contributed by atoms with E-state index < -0.39 is 0 Å². The highest BCUT2D eigenvalue weighted by molar-refractivity contribution is 5.85. The number of fused-ring (bicyclic) bond motifs is 1. The second kappa shape index (κ2) is 4.37. The van der Waals surface area contributed by atoms with Crippen molar-refractivity contribution in [2.75, 3.05) is 0 Å². The van der Waals surface area contributed by atoms with Crippen LogP contribution in [0.25, 0.3) is 22.0 Å². The maximum atomic E-state index is 10.5. The van der Waals surface area contributed by atoms with Crippen molar-refractivity contribution in [3.8, 4) is 11.3 Å². The van der Waals surface area contributed by atoms with Gasteiger partial charge in [-0.3, -0.25) is 4.98 Å². The third kappa shape index (κ3) is 1.86. The van der Waals surface area contributed by atoms with Gasteiger partial charge in [-0.2, -0.15) is 0 Å². The van der Waals surface area contributed by atoms with Crippen LogP contribution in [0.15, 0.2) is 66.0 Å². The highest BCUT2D eigenvalue weighted by Crippen LogP contribution is 2.25. The van der Waals surface area contributed by atoms with Crippen molar-refractivity contribution in [3.63, 3.8) is 0 Å². The summed E-state index contributed by atoms with van der Waals surface area (Å²) in [6, 6.07) is 17.2. The number of nitrogens with zero attached hydrogens (tertiary/aromatic N) is 2. The van der Waals surface area contributed by atoms with Gasteiger partial charge in [-0.25, -0.2) is 0 Å². The topological polar surface area (TPSA) is 42.3 Å². The molecule has 0 unspecified atom stereocenters. The average molecular weight is 234 g/mol. The molecule has 0 amide bonds. The van der Waals surface area contributed by atoms with Gasteiger partial charge in [0.25, 0.3) is 0 Å². The molecule has 18 heavy (non-hydrogen) atoms. The zero-order valence-corrected chi connectivity index (χ0v) is 9.58. The lowest BCUT2D eigenvalue weighted by Crippen LogP contribution is -1.83. The molecule has 3 rings (SSSR count). The lowest BCUT2D eigenvalue weighted by molar-refractivity contribution is 1.35. The minimum Gasteiger partial charge on any atom is -0.256 e. The number of nitroso groups, excluding NO2 is 1. The van der Waals surface area contributed by atoms with Crippen molar-refractivity contribution in [2.24, 2.45) is 5.18 Å². The Hall–Kier alpha value is -2.55. The highest BCUT2D eigenvalue weighted by atomic mass is 16.3. The molecule has 2 aromatic carbocycles. The molecule has 86 valence electrons. The fraction of sp³-hybridized carbons (Fsp3) is 0. The maximum Gasteiger partial charge on any atom is 0.108 e. The third-order valence-electron chi connectivity index (χ3n) is 2.88. The molecule has 0 fully saturated rings.